The molecule has 2 aliphatic rings. The molecule has 0 radical (unpaired) electrons. The highest BCUT2D eigenvalue weighted by Gasteiger charge is 2.35. The van der Waals surface area contributed by atoms with E-state index in [0.717, 1.165) is 24.0 Å². The predicted octanol–water partition coefficient (Wildman–Crippen LogP) is 4.20. The third kappa shape index (κ3) is 4.21. The second kappa shape index (κ2) is 8.38. The largest absolute Gasteiger partial charge is 0.312 e. The van der Waals surface area contributed by atoms with Gasteiger partial charge in [-0.3, -0.25) is 4.90 Å². The summed E-state index contributed by atoms with van der Waals surface area (Å²) in [6.07, 6.45) is 14.1. The molecule has 0 aromatic rings. The third-order valence-electron chi connectivity index (χ3n) is 5.70. The van der Waals surface area contributed by atoms with Crippen LogP contribution in [0.5, 0.6) is 0 Å². The minimum Gasteiger partial charge on any atom is -0.312 e. The molecule has 118 valence electrons. The van der Waals surface area contributed by atoms with Crippen molar-refractivity contribution in [3.05, 3.63) is 0 Å². The van der Waals surface area contributed by atoms with Crippen LogP contribution in [-0.4, -0.2) is 36.6 Å². The number of likely N-dealkylation sites (N-methyl/N-ethyl adjacent to an activating group) is 1. The summed E-state index contributed by atoms with van der Waals surface area (Å²) in [5, 5.41) is 3.85. The molecule has 0 bridgehead atoms. The first-order chi connectivity index (χ1) is 9.76. The van der Waals surface area contributed by atoms with Gasteiger partial charge in [0.05, 0.1) is 0 Å². The summed E-state index contributed by atoms with van der Waals surface area (Å²) >= 11 is 0. The van der Waals surface area contributed by atoms with Crippen LogP contribution in [0.2, 0.25) is 0 Å². The molecule has 3 unspecified atom stereocenters. The highest BCUT2D eigenvalue weighted by Crippen LogP contribution is 2.34. The van der Waals surface area contributed by atoms with Gasteiger partial charge >= 0.3 is 0 Å². The Kier molecular flexibility index (Phi) is 6.83. The lowest BCUT2D eigenvalue weighted by Crippen LogP contribution is -2.54. The van der Waals surface area contributed by atoms with Gasteiger partial charge in [0, 0.05) is 18.1 Å². The van der Waals surface area contributed by atoms with Gasteiger partial charge < -0.3 is 5.32 Å². The summed E-state index contributed by atoms with van der Waals surface area (Å²) < 4.78 is 0. The highest BCUT2D eigenvalue weighted by atomic mass is 15.2. The molecule has 0 spiro atoms. The Hall–Kier alpha value is -0.0800. The SMILES string of the molecule is CCCNC1CCC(CCC)CC1N(C)C1CCCC1. The Labute approximate surface area is 126 Å². The van der Waals surface area contributed by atoms with Crippen molar-refractivity contribution in [2.75, 3.05) is 13.6 Å². The van der Waals surface area contributed by atoms with Gasteiger partial charge in [0.2, 0.25) is 0 Å². The molecule has 0 aromatic heterocycles. The standard InChI is InChI=1S/C18H36N2/c1-4-8-15-11-12-17(19-13-5-2)18(14-15)20(3)16-9-6-7-10-16/h15-19H,4-14H2,1-3H3. The zero-order valence-electron chi connectivity index (χ0n) is 14.0. The minimum absolute atomic E-state index is 0.744. The van der Waals surface area contributed by atoms with Crippen molar-refractivity contribution >= 4 is 0 Å². The van der Waals surface area contributed by atoms with E-state index in [1.807, 2.05) is 0 Å². The van der Waals surface area contributed by atoms with E-state index in [1.165, 1.54) is 70.8 Å². The van der Waals surface area contributed by atoms with Crippen LogP contribution in [0.4, 0.5) is 0 Å². The van der Waals surface area contributed by atoms with Gasteiger partial charge in [-0.15, -0.1) is 0 Å². The van der Waals surface area contributed by atoms with E-state index < -0.39 is 0 Å². The quantitative estimate of drug-likeness (QED) is 0.752. The zero-order chi connectivity index (χ0) is 14.4. The lowest BCUT2D eigenvalue weighted by Gasteiger charge is -2.44. The molecule has 2 aliphatic carbocycles. The fourth-order valence-corrected chi connectivity index (χ4v) is 4.50. The molecule has 0 heterocycles. The average Bonchev–Trinajstić information content (AvgIpc) is 2.99. The second-order valence-corrected chi connectivity index (χ2v) is 7.20. The third-order valence-corrected chi connectivity index (χ3v) is 5.70. The number of rotatable bonds is 7. The van der Waals surface area contributed by atoms with Crippen LogP contribution in [0.1, 0.15) is 78.1 Å². The van der Waals surface area contributed by atoms with E-state index in [0.29, 0.717) is 0 Å². The van der Waals surface area contributed by atoms with E-state index >= 15 is 0 Å². The molecule has 3 atom stereocenters. The molecule has 2 fully saturated rings. The van der Waals surface area contributed by atoms with E-state index in [9.17, 15) is 0 Å². The Morgan fingerprint density at radius 1 is 1.00 bits per heavy atom. The Morgan fingerprint density at radius 2 is 1.75 bits per heavy atom. The zero-order valence-corrected chi connectivity index (χ0v) is 14.0. The molecule has 0 amide bonds. The van der Waals surface area contributed by atoms with E-state index in [4.69, 9.17) is 0 Å². The van der Waals surface area contributed by atoms with Crippen LogP contribution in [-0.2, 0) is 0 Å². The monoisotopic (exact) mass is 280 g/mol. The van der Waals surface area contributed by atoms with Gasteiger partial charge in [-0.05, 0) is 58.0 Å². The van der Waals surface area contributed by atoms with Gasteiger partial charge in [-0.1, -0.05) is 39.5 Å². The van der Waals surface area contributed by atoms with Crippen molar-refractivity contribution in [3.8, 4) is 0 Å². The van der Waals surface area contributed by atoms with E-state index in [1.54, 1.807) is 0 Å². The van der Waals surface area contributed by atoms with Crippen molar-refractivity contribution in [1.29, 1.82) is 0 Å². The predicted molar refractivity (Wildman–Crippen MR) is 88.1 cm³/mol. The molecule has 0 aliphatic heterocycles. The summed E-state index contributed by atoms with van der Waals surface area (Å²) in [7, 11) is 2.41. The first kappa shape index (κ1) is 16.3. The lowest BCUT2D eigenvalue weighted by atomic mass is 9.79. The summed E-state index contributed by atoms with van der Waals surface area (Å²) in [6, 6.07) is 2.40. The second-order valence-electron chi connectivity index (χ2n) is 7.20. The van der Waals surface area contributed by atoms with Gasteiger partial charge in [0.1, 0.15) is 0 Å². The summed E-state index contributed by atoms with van der Waals surface area (Å²) in [4.78, 5) is 2.77. The first-order valence-corrected chi connectivity index (χ1v) is 9.21. The van der Waals surface area contributed by atoms with Gasteiger partial charge in [0.15, 0.2) is 0 Å². The van der Waals surface area contributed by atoms with Crippen LogP contribution in [0.3, 0.4) is 0 Å². The summed E-state index contributed by atoms with van der Waals surface area (Å²) in [6.45, 7) is 5.82. The first-order valence-electron chi connectivity index (χ1n) is 9.21. The molecule has 2 rings (SSSR count). The van der Waals surface area contributed by atoms with Crippen LogP contribution in [0.25, 0.3) is 0 Å². The van der Waals surface area contributed by atoms with E-state index in [-0.39, 0.29) is 0 Å². The summed E-state index contributed by atoms with van der Waals surface area (Å²) in [5.74, 6) is 0.980. The van der Waals surface area contributed by atoms with Crippen LogP contribution < -0.4 is 5.32 Å². The molecular formula is C18H36N2. The lowest BCUT2D eigenvalue weighted by molar-refractivity contribution is 0.0828. The maximum absolute atomic E-state index is 3.85. The van der Waals surface area contributed by atoms with Crippen LogP contribution in [0, 0.1) is 5.92 Å². The number of hydrogen-bond donors (Lipinski definition) is 1. The molecule has 20 heavy (non-hydrogen) atoms. The maximum Gasteiger partial charge on any atom is 0.0251 e. The molecular weight excluding hydrogens is 244 g/mol. The van der Waals surface area contributed by atoms with Gasteiger partial charge in [-0.2, -0.15) is 0 Å². The van der Waals surface area contributed by atoms with Crippen LogP contribution in [0.15, 0.2) is 0 Å². The van der Waals surface area contributed by atoms with Crippen molar-refractivity contribution in [1.82, 2.24) is 10.2 Å². The molecule has 1 N–H and O–H groups in total. The van der Waals surface area contributed by atoms with Crippen molar-refractivity contribution < 1.29 is 0 Å². The van der Waals surface area contributed by atoms with Crippen LogP contribution >= 0.6 is 0 Å². The summed E-state index contributed by atoms with van der Waals surface area (Å²) in [5.41, 5.74) is 0. The van der Waals surface area contributed by atoms with Gasteiger partial charge in [0.25, 0.3) is 0 Å². The van der Waals surface area contributed by atoms with E-state index in [2.05, 4.69) is 31.1 Å². The molecule has 2 nitrogen and oxygen atoms in total. The average molecular weight is 280 g/mol. The minimum atomic E-state index is 0.744. The number of hydrogen-bond acceptors (Lipinski definition) is 2. The molecule has 2 heteroatoms. The number of nitrogens with one attached hydrogen (secondary N) is 1. The molecule has 0 aromatic carbocycles. The maximum atomic E-state index is 3.85. The highest BCUT2D eigenvalue weighted by molar-refractivity contribution is 4.93. The fraction of sp³-hybridized carbons (Fsp3) is 1.00. The molecule has 0 saturated heterocycles. The topological polar surface area (TPSA) is 15.3 Å². The van der Waals surface area contributed by atoms with Crippen molar-refractivity contribution in [2.24, 2.45) is 5.92 Å². The van der Waals surface area contributed by atoms with Crippen molar-refractivity contribution in [2.45, 2.75) is 96.2 Å². The number of nitrogens with zero attached hydrogens (tertiary/aromatic N) is 1. The Bertz CT molecular complexity index is 260. The molecule has 2 saturated carbocycles. The van der Waals surface area contributed by atoms with Gasteiger partial charge in [-0.25, -0.2) is 0 Å². The fourth-order valence-electron chi connectivity index (χ4n) is 4.50. The Morgan fingerprint density at radius 3 is 2.40 bits per heavy atom. The normalized spacial score (nSPS) is 32.1. The van der Waals surface area contributed by atoms with Crippen molar-refractivity contribution in [3.63, 3.8) is 0 Å². The smallest absolute Gasteiger partial charge is 0.0251 e. The Balaban J connectivity index is 1.96.